The molecule has 0 saturated heterocycles. The molecule has 26 heteroatoms. The van der Waals surface area contributed by atoms with Crippen LogP contribution in [-0.2, 0) is 46.4 Å². The van der Waals surface area contributed by atoms with Gasteiger partial charge in [0.15, 0.2) is 17.2 Å². The normalized spacial score (nSPS) is 17.1. The molecule has 1 saturated carbocycles. The van der Waals surface area contributed by atoms with E-state index in [1.807, 2.05) is 4.72 Å². The van der Waals surface area contributed by atoms with Crippen molar-refractivity contribution in [1.29, 1.82) is 0 Å². The largest absolute Gasteiger partial charge is 0.435 e. The van der Waals surface area contributed by atoms with E-state index >= 15 is 13.2 Å². The molecule has 7 aromatic rings. The molecule has 2 aliphatic carbocycles. The molecular formula is C41H27ClF11N9O4S. The number of nitrogens with one attached hydrogen (secondary N) is 2. The second kappa shape index (κ2) is 15.7. The Kier molecular flexibility index (Phi) is 10.7. The number of sulfonamides is 1. The minimum absolute atomic E-state index is 0.0993. The fraction of sp³-hybridized carbons (Fsp3) is 0.268. The van der Waals surface area contributed by atoms with Gasteiger partial charge in [0.1, 0.15) is 42.1 Å². The van der Waals surface area contributed by atoms with Crippen LogP contribution in [0.25, 0.3) is 38.9 Å². The zero-order chi connectivity index (χ0) is 48.3. The van der Waals surface area contributed by atoms with Crippen molar-refractivity contribution < 1.29 is 61.5 Å². The first-order chi connectivity index (χ1) is 31.3. The SMILES string of the molecule is CS(=O)(=O)Nc1nn(CC(F)(F)F)c2c(-n3c([C@H](Cc4cc(F)cc(F)c4)NC(=O)Cn4nc(C(F)(F)F)c5c4C(F)(F)[C@@H]4C[C@H]54)nc4nc(-c5ccccc5F)ccc4c3=O)ccc(Cl)c12. The van der Waals surface area contributed by atoms with Gasteiger partial charge in [-0.2, -0.15) is 45.3 Å². The first kappa shape index (κ1) is 45.5. The number of aromatic nitrogens is 7. The molecule has 4 aromatic heterocycles. The average Bonchev–Trinajstić information content (AvgIpc) is 3.73. The molecule has 2 aliphatic rings. The van der Waals surface area contributed by atoms with E-state index in [0.717, 1.165) is 36.4 Å². The monoisotopic (exact) mass is 985 g/mol. The number of halogens is 12. The molecule has 0 spiro atoms. The van der Waals surface area contributed by atoms with Gasteiger partial charge in [0.2, 0.25) is 15.9 Å². The Morgan fingerprint density at radius 3 is 2.30 bits per heavy atom. The predicted octanol–water partition coefficient (Wildman–Crippen LogP) is 8.33. The van der Waals surface area contributed by atoms with Crippen LogP contribution < -0.4 is 15.6 Å². The van der Waals surface area contributed by atoms with Crippen LogP contribution in [0.1, 0.15) is 46.7 Å². The highest BCUT2D eigenvalue weighted by Gasteiger charge is 2.68. The van der Waals surface area contributed by atoms with Crippen molar-refractivity contribution in [1.82, 2.24) is 39.4 Å². The van der Waals surface area contributed by atoms with E-state index in [9.17, 15) is 53.1 Å². The zero-order valence-electron chi connectivity index (χ0n) is 33.6. The number of benzene rings is 3. The first-order valence-corrected chi connectivity index (χ1v) is 21.8. The first-order valence-electron chi connectivity index (χ1n) is 19.5. The van der Waals surface area contributed by atoms with Crippen LogP contribution in [-0.4, -0.2) is 60.9 Å². The highest BCUT2D eigenvalue weighted by atomic mass is 35.5. The van der Waals surface area contributed by atoms with E-state index in [-0.39, 0.29) is 32.6 Å². The van der Waals surface area contributed by atoms with E-state index in [1.165, 1.54) is 24.3 Å². The molecule has 1 amide bonds. The predicted molar refractivity (Wildman–Crippen MR) is 216 cm³/mol. The summed E-state index contributed by atoms with van der Waals surface area (Å²) in [6.07, 6.45) is -10.7. The lowest BCUT2D eigenvalue weighted by Crippen LogP contribution is -2.38. The third kappa shape index (κ3) is 8.42. The molecule has 3 aromatic carbocycles. The van der Waals surface area contributed by atoms with E-state index in [4.69, 9.17) is 11.6 Å². The van der Waals surface area contributed by atoms with Crippen molar-refractivity contribution in [3.8, 4) is 16.9 Å². The van der Waals surface area contributed by atoms with Gasteiger partial charge in [-0.1, -0.05) is 23.7 Å². The Morgan fingerprint density at radius 2 is 1.64 bits per heavy atom. The molecule has 1 fully saturated rings. The summed E-state index contributed by atoms with van der Waals surface area (Å²) in [4.78, 5) is 37.9. The van der Waals surface area contributed by atoms with Crippen molar-refractivity contribution in [2.24, 2.45) is 5.92 Å². The fourth-order valence-corrected chi connectivity index (χ4v) is 9.22. The molecule has 67 heavy (non-hydrogen) atoms. The molecule has 0 aliphatic heterocycles. The Balaban J connectivity index is 1.29. The second-order valence-electron chi connectivity index (χ2n) is 15.9. The minimum Gasteiger partial charge on any atom is -0.344 e. The molecular weight excluding hydrogens is 959 g/mol. The van der Waals surface area contributed by atoms with Crippen molar-refractivity contribution >= 4 is 55.3 Å². The van der Waals surface area contributed by atoms with E-state index in [0.29, 0.717) is 16.9 Å². The van der Waals surface area contributed by atoms with Gasteiger partial charge in [-0.25, -0.2) is 31.6 Å². The molecule has 0 bridgehead atoms. The lowest BCUT2D eigenvalue weighted by molar-refractivity contribution is -0.142. The summed E-state index contributed by atoms with van der Waals surface area (Å²) in [6.45, 7) is -3.26. The highest BCUT2D eigenvalue weighted by molar-refractivity contribution is 7.92. The highest BCUT2D eigenvalue weighted by Crippen LogP contribution is 2.68. The molecule has 3 atom stereocenters. The summed E-state index contributed by atoms with van der Waals surface area (Å²) in [5.41, 5.74) is -7.01. The maximum absolute atomic E-state index is 15.5. The molecule has 13 nitrogen and oxygen atoms in total. The summed E-state index contributed by atoms with van der Waals surface area (Å²) >= 11 is 6.47. The number of anilines is 1. The lowest BCUT2D eigenvalue weighted by Gasteiger charge is -2.24. The zero-order valence-corrected chi connectivity index (χ0v) is 35.2. The third-order valence-corrected chi connectivity index (χ3v) is 12.0. The average molecular weight is 986 g/mol. The van der Waals surface area contributed by atoms with Crippen LogP contribution >= 0.6 is 11.6 Å². The topological polar surface area (TPSA) is 159 Å². The number of nitrogens with zero attached hydrogens (tertiary/aromatic N) is 7. The Morgan fingerprint density at radius 1 is 0.940 bits per heavy atom. The summed E-state index contributed by atoms with van der Waals surface area (Å²) < 4.78 is 189. The smallest absolute Gasteiger partial charge is 0.344 e. The number of amides is 1. The molecule has 0 radical (unpaired) electrons. The van der Waals surface area contributed by atoms with Gasteiger partial charge in [-0.05, 0) is 66.4 Å². The fourth-order valence-electron chi connectivity index (χ4n) is 8.48. The number of hydrogen-bond acceptors (Lipinski definition) is 8. The van der Waals surface area contributed by atoms with Gasteiger partial charge in [-0.3, -0.25) is 28.2 Å². The van der Waals surface area contributed by atoms with Crippen LogP contribution in [0.2, 0.25) is 5.02 Å². The van der Waals surface area contributed by atoms with Crippen molar-refractivity contribution in [2.75, 3.05) is 11.0 Å². The molecule has 4 heterocycles. The number of alkyl halides is 8. The van der Waals surface area contributed by atoms with Gasteiger partial charge in [0.25, 0.3) is 11.5 Å². The number of pyridine rings is 1. The number of carbonyl (C=O) groups excluding carboxylic acids is 1. The minimum atomic E-state index is -5.22. The van der Waals surface area contributed by atoms with Crippen LogP contribution in [0.4, 0.5) is 54.1 Å². The van der Waals surface area contributed by atoms with Gasteiger partial charge in [0.05, 0.1) is 45.0 Å². The van der Waals surface area contributed by atoms with E-state index < -0.39 is 156 Å². The lowest BCUT2D eigenvalue weighted by atomic mass is 10.0. The van der Waals surface area contributed by atoms with Crippen molar-refractivity contribution in [2.45, 2.75) is 56.2 Å². The van der Waals surface area contributed by atoms with Crippen LogP contribution in [0.3, 0.4) is 0 Å². The Bertz CT molecular complexity index is 3370. The summed E-state index contributed by atoms with van der Waals surface area (Å²) in [5, 5.41) is 8.25. The summed E-state index contributed by atoms with van der Waals surface area (Å²) in [6, 6.07) is 9.75. The summed E-state index contributed by atoms with van der Waals surface area (Å²) in [7, 11) is -4.29. The Hall–Kier alpha value is -6.63. The third-order valence-electron chi connectivity index (χ3n) is 11.1. The van der Waals surface area contributed by atoms with Crippen molar-refractivity contribution in [3.05, 3.63) is 128 Å². The number of hydrogen-bond donors (Lipinski definition) is 2. The van der Waals surface area contributed by atoms with Gasteiger partial charge < -0.3 is 5.32 Å². The summed E-state index contributed by atoms with van der Waals surface area (Å²) in [5.74, 6) is -12.4. The molecule has 350 valence electrons. The van der Waals surface area contributed by atoms with Crippen LogP contribution in [0, 0.1) is 23.4 Å². The maximum atomic E-state index is 15.5. The van der Waals surface area contributed by atoms with Crippen LogP contribution in [0.15, 0.2) is 71.5 Å². The Labute approximate surface area is 373 Å². The van der Waals surface area contributed by atoms with E-state index in [1.54, 1.807) is 0 Å². The standard InChI is InChI=1S/C41H27ClF11N9O4S/c1-67(65,66)59-36-31-24(42)7-9-28(32(31)61(58-36)16-39(46,47)48)62-37(56-35-21(38(62)64)6-8-26(55-35)20-4-2-3-5-25(20)45)27(12-17-10-18(43)13-19(44)11-17)54-29(63)15-60-34-30(33(57-60)41(51,52)53)22-14-23(22)40(34,49)50/h2-11,13,22-23,27H,12,14-16H2,1H3,(H,54,63)(H,58,59)/t22-,23+,27-/m0/s1. The second-order valence-corrected chi connectivity index (χ2v) is 18.0. The van der Waals surface area contributed by atoms with Gasteiger partial charge in [0, 0.05) is 29.5 Å². The quantitative estimate of drug-likeness (QED) is 0.123. The molecule has 0 unspecified atom stereocenters. The number of fused-ring (bicyclic) bond motifs is 5. The molecule has 2 N–H and O–H groups in total. The van der Waals surface area contributed by atoms with Gasteiger partial charge in [-0.15, -0.1) is 0 Å². The number of rotatable bonds is 11. The molecule has 9 rings (SSSR count). The van der Waals surface area contributed by atoms with E-state index in [2.05, 4.69) is 25.5 Å². The maximum Gasteiger partial charge on any atom is 0.435 e. The van der Waals surface area contributed by atoms with Gasteiger partial charge >= 0.3 is 12.4 Å². The number of carbonyl (C=O) groups is 1. The van der Waals surface area contributed by atoms with Crippen LogP contribution in [0.5, 0.6) is 0 Å². The van der Waals surface area contributed by atoms with Crippen molar-refractivity contribution in [3.63, 3.8) is 0 Å².